The molecular weight excluding hydrogens is 343 g/mol. The van der Waals surface area contributed by atoms with E-state index in [4.69, 9.17) is 10.8 Å². The van der Waals surface area contributed by atoms with Crippen molar-refractivity contribution in [1.29, 1.82) is 0 Å². The molecule has 0 aliphatic heterocycles. The van der Waals surface area contributed by atoms with Gasteiger partial charge in [-0.1, -0.05) is 12.1 Å². The monoisotopic (exact) mass is 354 g/mol. The summed E-state index contributed by atoms with van der Waals surface area (Å²) in [5.41, 5.74) is 7.60. The van der Waals surface area contributed by atoms with E-state index in [2.05, 4.69) is 27.9 Å². The van der Waals surface area contributed by atoms with Crippen molar-refractivity contribution in [3.63, 3.8) is 0 Å². The minimum Gasteiger partial charge on any atom is -0.478 e. The third-order valence-corrected chi connectivity index (χ3v) is 3.38. The van der Waals surface area contributed by atoms with Crippen LogP contribution in [0.1, 0.15) is 10.4 Å². The molecule has 4 nitrogen and oxygen atoms in total. The highest BCUT2D eigenvalue weighted by molar-refractivity contribution is 14.1. The Hall–Kier alpha value is -1.76. The first-order valence-corrected chi connectivity index (χ1v) is 6.30. The summed E-state index contributed by atoms with van der Waals surface area (Å²) in [6, 6.07) is 12.6. The van der Waals surface area contributed by atoms with Gasteiger partial charge in [-0.25, -0.2) is 4.79 Å². The molecule has 0 atom stereocenters. The zero-order valence-electron chi connectivity index (χ0n) is 9.35. The van der Waals surface area contributed by atoms with Crippen LogP contribution in [0.25, 0.3) is 0 Å². The van der Waals surface area contributed by atoms with Crippen LogP contribution in [0.4, 0.5) is 17.1 Å². The quantitative estimate of drug-likeness (QED) is 0.584. The number of nitrogens with one attached hydrogen (secondary N) is 1. The minimum absolute atomic E-state index is 0.103. The summed E-state index contributed by atoms with van der Waals surface area (Å²) in [7, 11) is 0. The zero-order chi connectivity index (χ0) is 13.1. The number of carboxylic acid groups (broad SMARTS) is 1. The van der Waals surface area contributed by atoms with E-state index >= 15 is 0 Å². The summed E-state index contributed by atoms with van der Waals surface area (Å²) >= 11 is 2.21. The predicted molar refractivity (Wildman–Crippen MR) is 80.3 cm³/mol. The molecule has 0 fully saturated rings. The fourth-order valence-electron chi connectivity index (χ4n) is 1.54. The van der Waals surface area contributed by atoms with Gasteiger partial charge in [0.25, 0.3) is 0 Å². The molecule has 2 aromatic carbocycles. The van der Waals surface area contributed by atoms with Gasteiger partial charge in [0.1, 0.15) is 0 Å². The SMILES string of the molecule is Nc1ccc(Nc2ccccc2I)cc1C(=O)O. The first-order valence-electron chi connectivity index (χ1n) is 5.22. The van der Waals surface area contributed by atoms with Crippen LogP contribution < -0.4 is 11.1 Å². The number of hydrogen-bond acceptors (Lipinski definition) is 3. The molecule has 0 aliphatic rings. The summed E-state index contributed by atoms with van der Waals surface area (Å²) in [6.45, 7) is 0. The maximum atomic E-state index is 11.0. The number of para-hydroxylation sites is 1. The third-order valence-electron chi connectivity index (χ3n) is 2.44. The van der Waals surface area contributed by atoms with Crippen LogP contribution in [-0.2, 0) is 0 Å². The molecule has 18 heavy (non-hydrogen) atoms. The Morgan fingerprint density at radius 3 is 2.61 bits per heavy atom. The van der Waals surface area contributed by atoms with Crippen LogP contribution in [0.3, 0.4) is 0 Å². The van der Waals surface area contributed by atoms with E-state index in [0.29, 0.717) is 5.69 Å². The van der Waals surface area contributed by atoms with Crippen molar-refractivity contribution in [3.05, 3.63) is 51.6 Å². The Kier molecular flexibility index (Phi) is 3.71. The number of nitrogens with two attached hydrogens (primary N) is 1. The first-order chi connectivity index (χ1) is 8.58. The lowest BCUT2D eigenvalue weighted by Gasteiger charge is -2.10. The molecule has 2 rings (SSSR count). The molecule has 0 saturated carbocycles. The highest BCUT2D eigenvalue weighted by atomic mass is 127. The maximum absolute atomic E-state index is 11.0. The van der Waals surface area contributed by atoms with Gasteiger partial charge in [0.15, 0.2) is 0 Å². The maximum Gasteiger partial charge on any atom is 0.337 e. The molecule has 0 bridgehead atoms. The van der Waals surface area contributed by atoms with E-state index in [1.807, 2.05) is 24.3 Å². The number of carboxylic acids is 1. The number of hydrogen-bond donors (Lipinski definition) is 3. The standard InChI is InChI=1S/C13H11IN2O2/c14-10-3-1-2-4-12(10)16-8-5-6-11(15)9(7-8)13(17)18/h1-7,16H,15H2,(H,17,18). The smallest absolute Gasteiger partial charge is 0.337 e. The van der Waals surface area contributed by atoms with Crippen molar-refractivity contribution in [1.82, 2.24) is 0 Å². The minimum atomic E-state index is -1.03. The van der Waals surface area contributed by atoms with Gasteiger partial charge in [0, 0.05) is 14.9 Å². The van der Waals surface area contributed by atoms with E-state index in [9.17, 15) is 4.79 Å². The van der Waals surface area contributed by atoms with E-state index in [0.717, 1.165) is 9.26 Å². The Morgan fingerprint density at radius 1 is 1.22 bits per heavy atom. The van der Waals surface area contributed by atoms with Crippen LogP contribution in [0.5, 0.6) is 0 Å². The molecule has 2 aromatic rings. The van der Waals surface area contributed by atoms with Gasteiger partial charge in [-0.2, -0.15) is 0 Å². The summed E-state index contributed by atoms with van der Waals surface area (Å²) in [4.78, 5) is 11.0. The van der Waals surface area contributed by atoms with Gasteiger partial charge in [-0.3, -0.25) is 0 Å². The second-order valence-electron chi connectivity index (χ2n) is 3.71. The molecular formula is C13H11IN2O2. The van der Waals surface area contributed by atoms with E-state index in [1.54, 1.807) is 12.1 Å². The van der Waals surface area contributed by atoms with Gasteiger partial charge in [0.2, 0.25) is 0 Å². The van der Waals surface area contributed by atoms with Gasteiger partial charge in [-0.15, -0.1) is 0 Å². The largest absolute Gasteiger partial charge is 0.478 e. The topological polar surface area (TPSA) is 75.3 Å². The predicted octanol–water partition coefficient (Wildman–Crippen LogP) is 3.32. The molecule has 92 valence electrons. The second-order valence-corrected chi connectivity index (χ2v) is 4.87. The van der Waals surface area contributed by atoms with Crippen LogP contribution in [0.2, 0.25) is 0 Å². The highest BCUT2D eigenvalue weighted by Crippen LogP contribution is 2.24. The van der Waals surface area contributed by atoms with Crippen LogP contribution in [-0.4, -0.2) is 11.1 Å². The summed E-state index contributed by atoms with van der Waals surface area (Å²) in [6.07, 6.45) is 0. The molecule has 0 heterocycles. The number of aromatic carboxylic acids is 1. The molecule has 0 amide bonds. The molecule has 0 aromatic heterocycles. The Labute approximate surface area is 118 Å². The van der Waals surface area contributed by atoms with E-state index < -0.39 is 5.97 Å². The van der Waals surface area contributed by atoms with Crippen LogP contribution >= 0.6 is 22.6 Å². The molecule has 0 aliphatic carbocycles. The molecule has 4 N–H and O–H groups in total. The fraction of sp³-hybridized carbons (Fsp3) is 0. The second kappa shape index (κ2) is 5.26. The first kappa shape index (κ1) is 12.7. The van der Waals surface area contributed by atoms with Crippen molar-refractivity contribution in [3.8, 4) is 0 Å². The van der Waals surface area contributed by atoms with Gasteiger partial charge < -0.3 is 16.2 Å². The zero-order valence-corrected chi connectivity index (χ0v) is 11.5. The number of carbonyl (C=O) groups is 1. The van der Waals surface area contributed by atoms with E-state index in [1.165, 1.54) is 6.07 Å². The number of rotatable bonds is 3. The Bertz CT molecular complexity index is 599. The summed E-state index contributed by atoms with van der Waals surface area (Å²) in [5, 5.41) is 12.2. The van der Waals surface area contributed by atoms with Crippen molar-refractivity contribution in [2.45, 2.75) is 0 Å². The summed E-state index contributed by atoms with van der Waals surface area (Å²) in [5.74, 6) is -1.03. The Morgan fingerprint density at radius 2 is 1.94 bits per heavy atom. The molecule has 0 saturated heterocycles. The lowest BCUT2D eigenvalue weighted by atomic mass is 10.1. The van der Waals surface area contributed by atoms with Crippen molar-refractivity contribution in [2.24, 2.45) is 0 Å². The van der Waals surface area contributed by atoms with Gasteiger partial charge >= 0.3 is 5.97 Å². The number of benzene rings is 2. The lowest BCUT2D eigenvalue weighted by Crippen LogP contribution is -2.03. The molecule has 0 radical (unpaired) electrons. The normalized spacial score (nSPS) is 10.1. The van der Waals surface area contributed by atoms with Gasteiger partial charge in [0.05, 0.1) is 11.3 Å². The number of anilines is 3. The number of halogens is 1. The number of nitrogen functional groups attached to an aromatic ring is 1. The molecule has 0 unspecified atom stereocenters. The van der Waals surface area contributed by atoms with Crippen LogP contribution in [0, 0.1) is 3.57 Å². The van der Waals surface area contributed by atoms with E-state index in [-0.39, 0.29) is 11.3 Å². The Balaban J connectivity index is 2.33. The average Bonchev–Trinajstić information content (AvgIpc) is 2.34. The fourth-order valence-corrected chi connectivity index (χ4v) is 2.06. The van der Waals surface area contributed by atoms with Crippen molar-refractivity contribution >= 4 is 45.6 Å². The summed E-state index contributed by atoms with van der Waals surface area (Å²) < 4.78 is 1.06. The van der Waals surface area contributed by atoms with Crippen molar-refractivity contribution in [2.75, 3.05) is 11.1 Å². The van der Waals surface area contributed by atoms with Gasteiger partial charge in [-0.05, 0) is 52.9 Å². The lowest BCUT2D eigenvalue weighted by molar-refractivity contribution is 0.0698. The third kappa shape index (κ3) is 2.73. The highest BCUT2D eigenvalue weighted by Gasteiger charge is 2.09. The molecule has 5 heteroatoms. The average molecular weight is 354 g/mol. The molecule has 0 spiro atoms. The van der Waals surface area contributed by atoms with Crippen LogP contribution in [0.15, 0.2) is 42.5 Å². The van der Waals surface area contributed by atoms with Crippen molar-refractivity contribution < 1.29 is 9.90 Å².